The van der Waals surface area contributed by atoms with E-state index >= 15 is 0 Å². The second-order valence-corrected chi connectivity index (χ2v) is 6.55. The third kappa shape index (κ3) is 5.01. The molecule has 0 aromatic heterocycles. The van der Waals surface area contributed by atoms with Crippen molar-refractivity contribution < 1.29 is 4.79 Å². The number of carbonyl (C=O) groups excluding carboxylic acids is 1. The minimum Gasteiger partial charge on any atom is -0.353 e. The van der Waals surface area contributed by atoms with Gasteiger partial charge in [-0.05, 0) is 12.8 Å². The van der Waals surface area contributed by atoms with Crippen LogP contribution in [0.15, 0.2) is 0 Å². The van der Waals surface area contributed by atoms with Crippen LogP contribution in [0.1, 0.15) is 32.1 Å². The van der Waals surface area contributed by atoms with Gasteiger partial charge >= 0.3 is 0 Å². The SMILES string of the molecule is O=C([CH]C(Br)Br)NC1CCCCC1. The maximum Gasteiger partial charge on any atom is 0.226 e. The van der Waals surface area contributed by atoms with E-state index in [9.17, 15) is 4.79 Å². The average Bonchev–Trinajstić information content (AvgIpc) is 2.04. The second kappa shape index (κ2) is 6.02. The van der Waals surface area contributed by atoms with Gasteiger partial charge in [0.25, 0.3) is 0 Å². The summed E-state index contributed by atoms with van der Waals surface area (Å²) in [6, 6.07) is 0.399. The number of carbonyl (C=O) groups is 1. The molecule has 0 aromatic rings. The summed E-state index contributed by atoms with van der Waals surface area (Å²) in [5.41, 5.74) is 0. The van der Waals surface area contributed by atoms with Crippen LogP contribution in [0.25, 0.3) is 0 Å². The highest BCUT2D eigenvalue weighted by Gasteiger charge is 2.16. The molecule has 1 rings (SSSR count). The molecule has 1 radical (unpaired) electrons. The molecule has 1 N–H and O–H groups in total. The lowest BCUT2D eigenvalue weighted by molar-refractivity contribution is -0.118. The normalized spacial score (nSPS) is 19.0. The van der Waals surface area contributed by atoms with E-state index in [4.69, 9.17) is 0 Å². The second-order valence-electron chi connectivity index (χ2n) is 3.34. The van der Waals surface area contributed by atoms with Crippen LogP contribution >= 0.6 is 31.9 Å². The molecule has 4 heteroatoms. The van der Waals surface area contributed by atoms with E-state index in [1.807, 2.05) is 0 Å². The van der Waals surface area contributed by atoms with Gasteiger partial charge in [-0.1, -0.05) is 51.1 Å². The van der Waals surface area contributed by atoms with Gasteiger partial charge < -0.3 is 5.32 Å². The highest BCUT2D eigenvalue weighted by molar-refractivity contribution is 9.24. The van der Waals surface area contributed by atoms with Crippen LogP contribution in [-0.2, 0) is 4.79 Å². The van der Waals surface area contributed by atoms with Gasteiger partial charge in [-0.15, -0.1) is 0 Å². The van der Waals surface area contributed by atoms with Crippen LogP contribution in [0.2, 0.25) is 0 Å². The van der Waals surface area contributed by atoms with Crippen LogP contribution in [0, 0.1) is 6.42 Å². The molecule has 0 aromatic carbocycles. The molecule has 0 heterocycles. The molecule has 1 aliphatic carbocycles. The minimum absolute atomic E-state index is 0.0191. The van der Waals surface area contributed by atoms with Gasteiger partial charge in [0, 0.05) is 6.04 Å². The predicted molar refractivity (Wildman–Crippen MR) is 61.0 cm³/mol. The molecule has 13 heavy (non-hydrogen) atoms. The smallest absolute Gasteiger partial charge is 0.226 e. The first-order valence-corrected chi connectivity index (χ1v) is 6.45. The molecule has 75 valence electrons. The monoisotopic (exact) mass is 310 g/mol. The van der Waals surface area contributed by atoms with Crippen molar-refractivity contribution in [3.05, 3.63) is 6.42 Å². The summed E-state index contributed by atoms with van der Waals surface area (Å²) in [7, 11) is 0. The minimum atomic E-state index is -0.0245. The van der Waals surface area contributed by atoms with Gasteiger partial charge in [-0.2, -0.15) is 0 Å². The maximum atomic E-state index is 11.3. The fraction of sp³-hybridized carbons (Fsp3) is 0.778. The van der Waals surface area contributed by atoms with E-state index in [0.29, 0.717) is 6.04 Å². The van der Waals surface area contributed by atoms with Crippen molar-refractivity contribution in [2.24, 2.45) is 0 Å². The first kappa shape index (κ1) is 11.5. The van der Waals surface area contributed by atoms with Crippen molar-refractivity contribution in [3.8, 4) is 0 Å². The third-order valence-corrected chi connectivity index (χ3v) is 2.76. The number of nitrogens with one attached hydrogen (secondary N) is 1. The standard InChI is InChI=1S/C9H14Br2NO/c10-8(11)6-9(13)12-7-4-2-1-3-5-7/h6-8H,1-5H2,(H,12,13). The number of amides is 1. The summed E-state index contributed by atoms with van der Waals surface area (Å²) in [6.07, 6.45) is 7.67. The van der Waals surface area contributed by atoms with Crippen LogP contribution in [0.4, 0.5) is 0 Å². The molecule has 1 amide bonds. The van der Waals surface area contributed by atoms with Crippen molar-refractivity contribution in [1.29, 1.82) is 0 Å². The molecular formula is C9H14Br2NO. The van der Waals surface area contributed by atoms with Gasteiger partial charge in [-0.25, -0.2) is 0 Å². The fourth-order valence-electron chi connectivity index (χ4n) is 1.61. The molecule has 0 unspecified atom stereocenters. The van der Waals surface area contributed by atoms with Crippen LogP contribution in [0.3, 0.4) is 0 Å². The molecule has 1 aliphatic rings. The molecule has 0 atom stereocenters. The van der Waals surface area contributed by atoms with E-state index in [-0.39, 0.29) is 9.64 Å². The van der Waals surface area contributed by atoms with E-state index < -0.39 is 0 Å². The van der Waals surface area contributed by atoms with Crippen molar-refractivity contribution in [2.75, 3.05) is 0 Å². The summed E-state index contributed by atoms with van der Waals surface area (Å²) in [4.78, 5) is 11.3. The molecule has 0 bridgehead atoms. The van der Waals surface area contributed by atoms with Crippen LogP contribution < -0.4 is 5.32 Å². The predicted octanol–water partition coefficient (Wildman–Crippen LogP) is 2.76. The van der Waals surface area contributed by atoms with Gasteiger partial charge in [0.2, 0.25) is 5.91 Å². The molecule has 2 nitrogen and oxygen atoms in total. The first-order chi connectivity index (χ1) is 6.18. The third-order valence-electron chi connectivity index (χ3n) is 2.23. The zero-order valence-corrected chi connectivity index (χ0v) is 10.6. The molecule has 0 saturated heterocycles. The number of hydrogen-bond donors (Lipinski definition) is 1. The summed E-state index contributed by atoms with van der Waals surface area (Å²) in [6.45, 7) is 0. The van der Waals surface area contributed by atoms with Crippen molar-refractivity contribution in [3.63, 3.8) is 0 Å². The number of alkyl halides is 2. The highest BCUT2D eigenvalue weighted by Crippen LogP contribution is 2.18. The van der Waals surface area contributed by atoms with E-state index in [1.54, 1.807) is 6.42 Å². The summed E-state index contributed by atoms with van der Waals surface area (Å²) in [5, 5.41) is 3.00. The van der Waals surface area contributed by atoms with Crippen LogP contribution in [-0.4, -0.2) is 15.7 Å². The Kier molecular flexibility index (Phi) is 5.32. The molecule has 0 aliphatic heterocycles. The Bertz CT molecular complexity index is 167. The lowest BCUT2D eigenvalue weighted by Crippen LogP contribution is -2.36. The Morgan fingerprint density at radius 1 is 1.31 bits per heavy atom. The first-order valence-electron chi connectivity index (χ1n) is 4.62. The van der Waals surface area contributed by atoms with Gasteiger partial charge in [0.15, 0.2) is 0 Å². The lowest BCUT2D eigenvalue weighted by Gasteiger charge is -2.22. The summed E-state index contributed by atoms with van der Waals surface area (Å²) in [5.74, 6) is 0.0191. The maximum absolute atomic E-state index is 11.3. The molecule has 1 saturated carbocycles. The summed E-state index contributed by atoms with van der Waals surface area (Å²) < 4.78 is -0.0245. The summed E-state index contributed by atoms with van der Waals surface area (Å²) >= 11 is 6.48. The topological polar surface area (TPSA) is 29.1 Å². The fourth-order valence-corrected chi connectivity index (χ4v) is 2.09. The lowest BCUT2D eigenvalue weighted by atomic mass is 9.95. The highest BCUT2D eigenvalue weighted by atomic mass is 79.9. The van der Waals surface area contributed by atoms with E-state index in [2.05, 4.69) is 37.2 Å². The number of rotatable bonds is 3. The van der Waals surface area contributed by atoms with E-state index in [1.165, 1.54) is 19.3 Å². The number of halogens is 2. The van der Waals surface area contributed by atoms with Gasteiger partial charge in [0.05, 0.1) is 10.2 Å². The average molecular weight is 312 g/mol. The zero-order valence-electron chi connectivity index (χ0n) is 7.43. The molecule has 0 spiro atoms. The molecule has 1 fully saturated rings. The van der Waals surface area contributed by atoms with Crippen molar-refractivity contribution >= 4 is 37.8 Å². The van der Waals surface area contributed by atoms with Crippen molar-refractivity contribution in [1.82, 2.24) is 5.32 Å². The zero-order chi connectivity index (χ0) is 9.68. The van der Waals surface area contributed by atoms with Crippen molar-refractivity contribution in [2.45, 2.75) is 41.9 Å². The Labute approximate surface area is 96.1 Å². The Hall–Kier alpha value is 0.430. The largest absolute Gasteiger partial charge is 0.353 e. The Balaban J connectivity index is 2.18. The number of hydrogen-bond acceptors (Lipinski definition) is 1. The van der Waals surface area contributed by atoms with Gasteiger partial charge in [-0.3, -0.25) is 4.79 Å². The van der Waals surface area contributed by atoms with Gasteiger partial charge in [0.1, 0.15) is 0 Å². The van der Waals surface area contributed by atoms with E-state index in [0.717, 1.165) is 12.8 Å². The quantitative estimate of drug-likeness (QED) is 0.798. The Morgan fingerprint density at radius 2 is 1.92 bits per heavy atom. The molecular weight excluding hydrogens is 298 g/mol. The van der Waals surface area contributed by atoms with Crippen LogP contribution in [0.5, 0.6) is 0 Å². The Morgan fingerprint density at radius 3 is 2.46 bits per heavy atom.